The molecule has 1 atom stereocenters. The molecular formula is C13H20N2O2. The number of nitrogens with one attached hydrogen (secondary N) is 1. The highest BCUT2D eigenvalue weighted by Crippen LogP contribution is 2.08. The Hall–Kier alpha value is -1.39. The lowest BCUT2D eigenvalue weighted by atomic mass is 10.0. The molecule has 17 heavy (non-hydrogen) atoms. The molecule has 1 aromatic rings. The van der Waals surface area contributed by atoms with Crippen LogP contribution in [0.5, 0.6) is 0 Å². The van der Waals surface area contributed by atoms with Crippen LogP contribution in [0.2, 0.25) is 0 Å². The van der Waals surface area contributed by atoms with Crippen LogP contribution < -0.4 is 11.1 Å². The topological polar surface area (TPSA) is 75.3 Å². The summed E-state index contributed by atoms with van der Waals surface area (Å²) in [7, 11) is 0. The van der Waals surface area contributed by atoms with Crippen LogP contribution in [0.1, 0.15) is 24.5 Å². The van der Waals surface area contributed by atoms with E-state index in [4.69, 9.17) is 10.8 Å². The molecule has 0 radical (unpaired) electrons. The molecule has 4 N–H and O–H groups in total. The molecule has 1 aromatic carbocycles. The van der Waals surface area contributed by atoms with E-state index < -0.39 is 0 Å². The Labute approximate surface area is 102 Å². The number of aliphatic hydroxyl groups is 1. The summed E-state index contributed by atoms with van der Waals surface area (Å²) in [5.74, 6) is -0.0770. The number of rotatable bonds is 6. The lowest BCUT2D eigenvalue weighted by Gasteiger charge is -2.14. The first-order chi connectivity index (χ1) is 8.21. The molecule has 0 aliphatic rings. The molecule has 1 rings (SSSR count). The zero-order chi connectivity index (χ0) is 12.7. The molecule has 0 aliphatic carbocycles. The fraction of sp³-hybridized carbons (Fsp3) is 0.462. The minimum atomic E-state index is -0.160. The first kappa shape index (κ1) is 13.7. The molecule has 0 heterocycles. The number of benzene rings is 1. The highest BCUT2D eigenvalue weighted by Gasteiger charge is 2.11. The lowest BCUT2D eigenvalue weighted by molar-refractivity contribution is -0.121. The van der Waals surface area contributed by atoms with Crippen LogP contribution in [0.3, 0.4) is 0 Å². The van der Waals surface area contributed by atoms with Gasteiger partial charge in [-0.1, -0.05) is 31.2 Å². The van der Waals surface area contributed by atoms with E-state index >= 15 is 0 Å². The Bertz CT molecular complexity index is 362. The van der Waals surface area contributed by atoms with Crippen LogP contribution in [0.15, 0.2) is 24.3 Å². The first-order valence-corrected chi connectivity index (χ1v) is 5.88. The van der Waals surface area contributed by atoms with E-state index in [0.717, 1.165) is 17.5 Å². The van der Waals surface area contributed by atoms with Crippen LogP contribution in [-0.4, -0.2) is 23.7 Å². The number of hydrogen-bond acceptors (Lipinski definition) is 3. The van der Waals surface area contributed by atoms with Gasteiger partial charge in [-0.2, -0.15) is 0 Å². The van der Waals surface area contributed by atoms with Crippen molar-refractivity contribution >= 4 is 5.91 Å². The van der Waals surface area contributed by atoms with Crippen molar-refractivity contribution in [2.75, 3.05) is 6.61 Å². The number of hydrogen-bond donors (Lipinski definition) is 3. The Balaban J connectivity index is 2.61. The standard InChI is InChI=1S/C13H20N2O2/c1-2-12(9-16)15-13(17)7-10-5-3-4-6-11(10)8-14/h3-6,12,16H,2,7-9,14H2,1H3,(H,15,17)/t12-/m1/s1. The largest absolute Gasteiger partial charge is 0.394 e. The molecule has 0 fully saturated rings. The SMILES string of the molecule is CC[C@H](CO)NC(=O)Cc1ccccc1CN. The van der Waals surface area contributed by atoms with Crippen LogP contribution >= 0.6 is 0 Å². The number of carbonyl (C=O) groups is 1. The molecular weight excluding hydrogens is 216 g/mol. The predicted molar refractivity (Wildman–Crippen MR) is 67.3 cm³/mol. The summed E-state index contributed by atoms with van der Waals surface area (Å²) in [6.07, 6.45) is 1.03. The van der Waals surface area contributed by atoms with Crippen molar-refractivity contribution in [1.29, 1.82) is 0 Å². The van der Waals surface area contributed by atoms with Gasteiger partial charge >= 0.3 is 0 Å². The maximum atomic E-state index is 11.7. The average Bonchev–Trinajstić information content (AvgIpc) is 2.36. The Morgan fingerprint density at radius 2 is 2.06 bits per heavy atom. The van der Waals surface area contributed by atoms with E-state index in [-0.39, 0.29) is 18.6 Å². The van der Waals surface area contributed by atoms with Crippen molar-refractivity contribution in [3.05, 3.63) is 35.4 Å². The maximum Gasteiger partial charge on any atom is 0.224 e. The van der Waals surface area contributed by atoms with Crippen LogP contribution in [0.4, 0.5) is 0 Å². The van der Waals surface area contributed by atoms with Gasteiger partial charge in [0.2, 0.25) is 5.91 Å². The highest BCUT2D eigenvalue weighted by molar-refractivity contribution is 5.79. The molecule has 94 valence electrons. The van der Waals surface area contributed by atoms with Gasteiger partial charge in [-0.3, -0.25) is 4.79 Å². The van der Waals surface area contributed by atoms with Crippen molar-refractivity contribution in [2.45, 2.75) is 32.4 Å². The van der Waals surface area contributed by atoms with Crippen molar-refractivity contribution in [3.63, 3.8) is 0 Å². The third-order valence-corrected chi connectivity index (χ3v) is 2.77. The van der Waals surface area contributed by atoms with Gasteiger partial charge in [0, 0.05) is 6.54 Å². The van der Waals surface area contributed by atoms with Gasteiger partial charge in [0.1, 0.15) is 0 Å². The zero-order valence-corrected chi connectivity index (χ0v) is 10.1. The smallest absolute Gasteiger partial charge is 0.224 e. The van der Waals surface area contributed by atoms with Crippen LogP contribution in [0.25, 0.3) is 0 Å². The van der Waals surface area contributed by atoms with Crippen LogP contribution in [0, 0.1) is 0 Å². The van der Waals surface area contributed by atoms with Crippen molar-refractivity contribution < 1.29 is 9.90 Å². The number of amides is 1. The summed E-state index contributed by atoms with van der Waals surface area (Å²) in [5, 5.41) is 11.8. The van der Waals surface area contributed by atoms with E-state index in [0.29, 0.717) is 13.0 Å². The predicted octanol–water partition coefficient (Wildman–Crippen LogP) is 0.575. The maximum absolute atomic E-state index is 11.7. The van der Waals surface area contributed by atoms with Crippen molar-refractivity contribution in [3.8, 4) is 0 Å². The molecule has 0 aliphatic heterocycles. The van der Waals surface area contributed by atoms with Crippen LogP contribution in [-0.2, 0) is 17.8 Å². The molecule has 0 spiro atoms. The second-order valence-corrected chi connectivity index (χ2v) is 4.00. The molecule has 0 saturated heterocycles. The minimum Gasteiger partial charge on any atom is -0.394 e. The van der Waals surface area contributed by atoms with Gasteiger partial charge in [0.25, 0.3) is 0 Å². The Kier molecular flexibility index (Phi) is 5.66. The van der Waals surface area contributed by atoms with E-state index in [1.165, 1.54) is 0 Å². The van der Waals surface area contributed by atoms with E-state index in [1.807, 2.05) is 31.2 Å². The zero-order valence-electron chi connectivity index (χ0n) is 10.1. The summed E-state index contributed by atoms with van der Waals surface area (Å²) < 4.78 is 0. The second-order valence-electron chi connectivity index (χ2n) is 4.00. The second kappa shape index (κ2) is 7.04. The quantitative estimate of drug-likeness (QED) is 0.676. The first-order valence-electron chi connectivity index (χ1n) is 5.88. The Morgan fingerprint density at radius 3 is 2.59 bits per heavy atom. The third-order valence-electron chi connectivity index (χ3n) is 2.77. The van der Waals surface area contributed by atoms with Crippen molar-refractivity contribution in [2.24, 2.45) is 5.73 Å². The van der Waals surface area contributed by atoms with Gasteiger partial charge in [-0.05, 0) is 17.5 Å². The number of nitrogens with two attached hydrogens (primary N) is 1. The molecule has 0 saturated carbocycles. The van der Waals surface area contributed by atoms with E-state index in [2.05, 4.69) is 5.32 Å². The van der Waals surface area contributed by atoms with E-state index in [9.17, 15) is 4.79 Å². The van der Waals surface area contributed by atoms with Gasteiger partial charge in [-0.25, -0.2) is 0 Å². The van der Waals surface area contributed by atoms with Gasteiger partial charge in [-0.15, -0.1) is 0 Å². The van der Waals surface area contributed by atoms with Gasteiger partial charge in [0.05, 0.1) is 19.1 Å². The summed E-state index contributed by atoms with van der Waals surface area (Å²) in [4.78, 5) is 11.7. The lowest BCUT2D eigenvalue weighted by Crippen LogP contribution is -2.38. The fourth-order valence-electron chi connectivity index (χ4n) is 1.66. The average molecular weight is 236 g/mol. The normalized spacial score (nSPS) is 12.2. The highest BCUT2D eigenvalue weighted by atomic mass is 16.3. The molecule has 0 bridgehead atoms. The molecule has 0 aromatic heterocycles. The molecule has 4 heteroatoms. The fourth-order valence-corrected chi connectivity index (χ4v) is 1.66. The molecule has 1 amide bonds. The summed E-state index contributed by atoms with van der Waals surface area (Å²) in [6.45, 7) is 2.33. The minimum absolute atomic E-state index is 0.0270. The number of aliphatic hydroxyl groups excluding tert-OH is 1. The molecule has 0 unspecified atom stereocenters. The third kappa shape index (κ3) is 4.17. The summed E-state index contributed by atoms with van der Waals surface area (Å²) in [6, 6.07) is 7.47. The Morgan fingerprint density at radius 1 is 1.41 bits per heavy atom. The number of carbonyl (C=O) groups excluding carboxylic acids is 1. The van der Waals surface area contributed by atoms with E-state index in [1.54, 1.807) is 0 Å². The molecule has 4 nitrogen and oxygen atoms in total. The summed E-state index contributed by atoms with van der Waals surface area (Å²) in [5.41, 5.74) is 7.54. The van der Waals surface area contributed by atoms with Gasteiger partial charge < -0.3 is 16.2 Å². The summed E-state index contributed by atoms with van der Waals surface area (Å²) >= 11 is 0. The van der Waals surface area contributed by atoms with Crippen molar-refractivity contribution in [1.82, 2.24) is 5.32 Å². The van der Waals surface area contributed by atoms with Gasteiger partial charge in [0.15, 0.2) is 0 Å². The monoisotopic (exact) mass is 236 g/mol.